The first-order valence-electron chi connectivity index (χ1n) is 8.83. The van der Waals surface area contributed by atoms with Gasteiger partial charge in [-0.05, 0) is 25.1 Å². The molecule has 0 aliphatic carbocycles. The van der Waals surface area contributed by atoms with Crippen LogP contribution in [-0.2, 0) is 16.0 Å². The van der Waals surface area contributed by atoms with E-state index in [9.17, 15) is 9.59 Å². The molecule has 0 saturated heterocycles. The molecule has 2 N–H and O–H groups in total. The number of nitrogens with zero attached hydrogens (tertiary/aromatic N) is 2. The molecule has 28 heavy (non-hydrogen) atoms. The van der Waals surface area contributed by atoms with Crippen LogP contribution in [0.25, 0.3) is 10.2 Å². The molecule has 9 heteroatoms. The van der Waals surface area contributed by atoms with Gasteiger partial charge in [-0.25, -0.2) is 9.97 Å². The summed E-state index contributed by atoms with van der Waals surface area (Å²) in [6.07, 6.45) is 0.113. The number of carbonyl (C=O) groups excluding carboxylic acids is 2. The Morgan fingerprint density at radius 1 is 1.14 bits per heavy atom. The van der Waals surface area contributed by atoms with Gasteiger partial charge in [-0.2, -0.15) is 0 Å². The molecule has 0 bridgehead atoms. The highest BCUT2D eigenvalue weighted by atomic mass is 32.1. The van der Waals surface area contributed by atoms with Crippen LogP contribution in [0.15, 0.2) is 23.6 Å². The number of carbonyl (C=O) groups is 2. The molecule has 0 saturated carbocycles. The molecule has 3 rings (SSSR count). The van der Waals surface area contributed by atoms with Gasteiger partial charge in [-0.1, -0.05) is 32.1 Å². The lowest BCUT2D eigenvalue weighted by Crippen LogP contribution is -2.27. The second-order valence-corrected chi connectivity index (χ2v) is 9.04. The third kappa shape index (κ3) is 5.05. The molecule has 0 aliphatic heterocycles. The maximum absolute atomic E-state index is 12.3. The normalized spacial score (nSPS) is 11.4. The van der Waals surface area contributed by atoms with Crippen molar-refractivity contribution in [2.75, 3.05) is 17.2 Å². The summed E-state index contributed by atoms with van der Waals surface area (Å²) in [5, 5.41) is 8.38. The van der Waals surface area contributed by atoms with Gasteiger partial charge in [-0.15, -0.1) is 11.3 Å². The molecule has 0 spiro atoms. The molecule has 0 unspecified atom stereocenters. The zero-order chi connectivity index (χ0) is 20.3. The number of benzene rings is 1. The number of amides is 2. The number of anilines is 2. The molecule has 2 aromatic heterocycles. The minimum absolute atomic E-state index is 0.112. The molecule has 1 aromatic carbocycles. The number of nitrogens with one attached hydrogen (secondary N) is 2. The van der Waals surface area contributed by atoms with Crippen LogP contribution in [0.1, 0.15) is 33.4 Å². The van der Waals surface area contributed by atoms with E-state index in [1.807, 2.05) is 45.9 Å². The maximum atomic E-state index is 12.3. The highest BCUT2D eigenvalue weighted by Crippen LogP contribution is 2.29. The summed E-state index contributed by atoms with van der Waals surface area (Å²) in [6.45, 7) is 8.03. The van der Waals surface area contributed by atoms with E-state index >= 15 is 0 Å². The molecular weight excluding hydrogens is 396 g/mol. The predicted octanol–water partition coefficient (Wildman–Crippen LogP) is 4.32. The van der Waals surface area contributed by atoms with Crippen LogP contribution >= 0.6 is 22.7 Å². The van der Waals surface area contributed by atoms with Crippen LogP contribution in [0, 0.1) is 5.41 Å². The van der Waals surface area contributed by atoms with Gasteiger partial charge < -0.3 is 15.4 Å². The number of fused-ring (bicyclic) bond motifs is 1. The van der Waals surface area contributed by atoms with Gasteiger partial charge >= 0.3 is 0 Å². The molecular formula is C19H22N4O3S2. The average Bonchev–Trinajstić information content (AvgIpc) is 3.20. The quantitative estimate of drug-likeness (QED) is 0.622. The first-order valence-corrected chi connectivity index (χ1v) is 10.5. The molecule has 0 aliphatic rings. The number of rotatable bonds is 6. The summed E-state index contributed by atoms with van der Waals surface area (Å²) in [4.78, 5) is 33.1. The lowest BCUT2D eigenvalue weighted by Gasteiger charge is -2.15. The summed E-state index contributed by atoms with van der Waals surface area (Å²) in [6, 6.07) is 5.65. The van der Waals surface area contributed by atoms with Gasteiger partial charge in [0.05, 0.1) is 28.9 Å². The highest BCUT2D eigenvalue weighted by molar-refractivity contribution is 7.22. The van der Waals surface area contributed by atoms with Crippen molar-refractivity contribution >= 4 is 55.0 Å². The van der Waals surface area contributed by atoms with E-state index in [0.29, 0.717) is 22.6 Å². The Morgan fingerprint density at radius 2 is 1.93 bits per heavy atom. The standard InChI is InChI=1S/C19H22N4O3S2/c1-5-26-12-6-7-13-14(9-12)28-18(21-13)22-15(24)8-11-10-27-17(20-11)23-16(25)19(2,3)4/h6-7,9-10H,5,8H2,1-4H3,(H,20,23,25)(H,21,22,24). The highest BCUT2D eigenvalue weighted by Gasteiger charge is 2.22. The van der Waals surface area contributed by atoms with Crippen molar-refractivity contribution in [1.29, 1.82) is 0 Å². The number of thiazole rings is 2. The van der Waals surface area contributed by atoms with Gasteiger partial charge in [0.1, 0.15) is 5.75 Å². The molecule has 0 radical (unpaired) electrons. The summed E-state index contributed by atoms with van der Waals surface area (Å²) in [7, 11) is 0. The fourth-order valence-electron chi connectivity index (χ4n) is 2.27. The predicted molar refractivity (Wildman–Crippen MR) is 113 cm³/mol. The zero-order valence-electron chi connectivity index (χ0n) is 16.2. The summed E-state index contributed by atoms with van der Waals surface area (Å²) in [5.74, 6) is 0.464. The molecule has 2 amide bonds. The molecule has 3 aromatic rings. The van der Waals surface area contributed by atoms with Crippen LogP contribution in [0.4, 0.5) is 10.3 Å². The zero-order valence-corrected chi connectivity index (χ0v) is 17.8. The van der Waals surface area contributed by atoms with Crippen LogP contribution in [0.3, 0.4) is 0 Å². The van der Waals surface area contributed by atoms with Crippen molar-refractivity contribution in [3.8, 4) is 5.75 Å². The number of aromatic nitrogens is 2. The second-order valence-electron chi connectivity index (χ2n) is 7.15. The summed E-state index contributed by atoms with van der Waals surface area (Å²) < 4.78 is 6.43. The third-order valence-corrected chi connectivity index (χ3v) is 5.45. The Kier molecular flexibility index (Phi) is 5.95. The Morgan fingerprint density at radius 3 is 2.64 bits per heavy atom. The molecule has 148 valence electrons. The van der Waals surface area contributed by atoms with Gasteiger partial charge in [0.15, 0.2) is 10.3 Å². The Bertz CT molecular complexity index is 1000. The molecule has 0 fully saturated rings. The van der Waals surface area contributed by atoms with Gasteiger partial charge in [0.25, 0.3) is 0 Å². The second kappa shape index (κ2) is 8.24. The minimum Gasteiger partial charge on any atom is -0.494 e. The van der Waals surface area contributed by atoms with E-state index in [0.717, 1.165) is 16.0 Å². The van der Waals surface area contributed by atoms with E-state index in [-0.39, 0.29) is 18.2 Å². The first-order chi connectivity index (χ1) is 13.2. The van der Waals surface area contributed by atoms with Crippen LogP contribution in [-0.4, -0.2) is 28.4 Å². The van der Waals surface area contributed by atoms with E-state index in [4.69, 9.17) is 4.74 Å². The van der Waals surface area contributed by atoms with Crippen molar-refractivity contribution in [3.05, 3.63) is 29.3 Å². The minimum atomic E-state index is -0.502. The van der Waals surface area contributed by atoms with E-state index in [1.54, 1.807) is 5.38 Å². The topological polar surface area (TPSA) is 93.2 Å². The van der Waals surface area contributed by atoms with Crippen molar-refractivity contribution in [2.45, 2.75) is 34.1 Å². The van der Waals surface area contributed by atoms with Crippen molar-refractivity contribution in [3.63, 3.8) is 0 Å². The fourth-order valence-corrected chi connectivity index (χ4v) is 3.89. The smallest absolute Gasteiger partial charge is 0.232 e. The van der Waals surface area contributed by atoms with Gasteiger partial charge in [0, 0.05) is 10.8 Å². The summed E-state index contributed by atoms with van der Waals surface area (Å²) >= 11 is 2.70. The van der Waals surface area contributed by atoms with Gasteiger partial charge in [-0.3, -0.25) is 9.59 Å². The van der Waals surface area contributed by atoms with E-state index in [2.05, 4.69) is 20.6 Å². The Balaban J connectivity index is 1.61. The molecule has 7 nitrogen and oxygen atoms in total. The van der Waals surface area contributed by atoms with Crippen LogP contribution in [0.5, 0.6) is 5.75 Å². The largest absolute Gasteiger partial charge is 0.494 e. The third-order valence-electron chi connectivity index (χ3n) is 3.71. The first kappa shape index (κ1) is 20.2. The van der Waals surface area contributed by atoms with Crippen LogP contribution in [0.2, 0.25) is 0 Å². The average molecular weight is 419 g/mol. The number of hydrogen-bond acceptors (Lipinski definition) is 7. The van der Waals surface area contributed by atoms with Crippen molar-refractivity contribution in [1.82, 2.24) is 9.97 Å². The van der Waals surface area contributed by atoms with Crippen LogP contribution < -0.4 is 15.4 Å². The maximum Gasteiger partial charge on any atom is 0.232 e. The Labute approximate surface area is 171 Å². The van der Waals surface area contributed by atoms with Gasteiger partial charge in [0.2, 0.25) is 11.8 Å². The SMILES string of the molecule is CCOc1ccc2nc(NC(=O)Cc3csc(NC(=O)C(C)(C)C)n3)sc2c1. The van der Waals surface area contributed by atoms with Crippen molar-refractivity contribution < 1.29 is 14.3 Å². The monoisotopic (exact) mass is 418 g/mol. The van der Waals surface area contributed by atoms with E-state index < -0.39 is 5.41 Å². The molecule has 0 atom stereocenters. The fraction of sp³-hybridized carbons (Fsp3) is 0.368. The molecule has 2 heterocycles. The lowest BCUT2D eigenvalue weighted by atomic mass is 9.96. The summed E-state index contributed by atoms with van der Waals surface area (Å²) in [5.41, 5.74) is 0.911. The van der Waals surface area contributed by atoms with Crippen molar-refractivity contribution in [2.24, 2.45) is 5.41 Å². The lowest BCUT2D eigenvalue weighted by molar-refractivity contribution is -0.123. The Hall–Kier alpha value is -2.52. The number of hydrogen-bond donors (Lipinski definition) is 2. The number of ether oxygens (including phenoxy) is 1. The van der Waals surface area contributed by atoms with E-state index in [1.165, 1.54) is 22.7 Å².